The van der Waals surface area contributed by atoms with Gasteiger partial charge in [-0.2, -0.15) is 0 Å². The van der Waals surface area contributed by atoms with Crippen LogP contribution in [0.5, 0.6) is 5.75 Å². The molecule has 1 unspecified atom stereocenters. The summed E-state index contributed by atoms with van der Waals surface area (Å²) in [5, 5.41) is 2.74. The average Bonchev–Trinajstić information content (AvgIpc) is 2.72. The summed E-state index contributed by atoms with van der Waals surface area (Å²) in [5.74, 6) is -0.861. The van der Waals surface area contributed by atoms with Crippen molar-refractivity contribution in [3.05, 3.63) is 59.9 Å². The summed E-state index contributed by atoms with van der Waals surface area (Å²) >= 11 is 0. The van der Waals surface area contributed by atoms with Crippen molar-refractivity contribution < 1.29 is 27.1 Å². The maximum Gasteiger partial charge on any atom is 0.246 e. The van der Waals surface area contributed by atoms with Crippen LogP contribution in [0.1, 0.15) is 11.6 Å². The Kier molecular flexibility index (Phi) is 7.41. The van der Waals surface area contributed by atoms with Gasteiger partial charge in [-0.1, -0.05) is 30.3 Å². The Morgan fingerprint density at radius 3 is 2.47 bits per heavy atom. The summed E-state index contributed by atoms with van der Waals surface area (Å²) in [6, 6.07) is 12.7. The van der Waals surface area contributed by atoms with Crippen LogP contribution in [0.2, 0.25) is 0 Å². The third-order valence-corrected chi connectivity index (χ3v) is 6.46. The van der Waals surface area contributed by atoms with E-state index in [1.807, 2.05) is 35.2 Å². The molecule has 7 nitrogen and oxygen atoms in total. The summed E-state index contributed by atoms with van der Waals surface area (Å²) in [6.07, 6.45) is 0. The minimum atomic E-state index is -3.08. The molecule has 1 aliphatic heterocycles. The van der Waals surface area contributed by atoms with E-state index in [0.717, 1.165) is 5.56 Å². The Morgan fingerprint density at radius 2 is 1.83 bits per heavy atom. The molecule has 0 aliphatic carbocycles. The van der Waals surface area contributed by atoms with Gasteiger partial charge in [-0.05, 0) is 17.7 Å². The van der Waals surface area contributed by atoms with Gasteiger partial charge in [0.2, 0.25) is 5.91 Å². The van der Waals surface area contributed by atoms with Gasteiger partial charge in [0.1, 0.15) is 12.6 Å². The van der Waals surface area contributed by atoms with E-state index in [0.29, 0.717) is 12.3 Å². The minimum absolute atomic E-state index is 0.00571. The molecule has 1 fully saturated rings. The van der Waals surface area contributed by atoms with E-state index in [4.69, 9.17) is 9.47 Å². The number of rotatable bonds is 8. The van der Waals surface area contributed by atoms with Crippen LogP contribution in [0.3, 0.4) is 0 Å². The second-order valence-electron chi connectivity index (χ2n) is 6.98. The van der Waals surface area contributed by atoms with Gasteiger partial charge in [0, 0.05) is 32.0 Å². The Hall–Kier alpha value is -2.49. The van der Waals surface area contributed by atoms with Crippen molar-refractivity contribution in [3.63, 3.8) is 0 Å². The minimum Gasteiger partial charge on any atom is -0.488 e. The van der Waals surface area contributed by atoms with Crippen LogP contribution in [0.25, 0.3) is 0 Å². The van der Waals surface area contributed by atoms with E-state index in [2.05, 4.69) is 5.32 Å². The Bertz CT molecular complexity index is 955. The van der Waals surface area contributed by atoms with Crippen LogP contribution < -0.4 is 10.1 Å². The van der Waals surface area contributed by atoms with Gasteiger partial charge < -0.3 is 14.8 Å². The molecule has 0 bridgehead atoms. The highest BCUT2D eigenvalue weighted by Gasteiger charge is 2.32. The van der Waals surface area contributed by atoms with Gasteiger partial charge >= 0.3 is 0 Å². The molecule has 0 spiro atoms. The number of carbonyl (C=O) groups is 1. The maximum absolute atomic E-state index is 14.3. The molecule has 2 aromatic rings. The molecular formula is C21H25FN2O5S. The number of carbonyl (C=O) groups excluding carboxylic acids is 1. The molecule has 0 radical (unpaired) electrons. The predicted molar refractivity (Wildman–Crippen MR) is 112 cm³/mol. The molecule has 30 heavy (non-hydrogen) atoms. The molecule has 3 rings (SSSR count). The fourth-order valence-electron chi connectivity index (χ4n) is 3.29. The SMILES string of the molecule is COCCOc1ccc(NC(=O)C(c2ccccc2)N2CCS(=O)(=O)CC2)cc1F. The number of ether oxygens (including phenoxy) is 2. The predicted octanol–water partition coefficient (Wildman–Crippen LogP) is 2.26. The number of hydrogen-bond acceptors (Lipinski definition) is 6. The molecule has 162 valence electrons. The first-order valence-corrected chi connectivity index (χ1v) is 11.4. The Morgan fingerprint density at radius 1 is 1.13 bits per heavy atom. The molecule has 1 heterocycles. The van der Waals surface area contributed by atoms with Crippen molar-refractivity contribution in [2.45, 2.75) is 6.04 Å². The lowest BCUT2D eigenvalue weighted by Gasteiger charge is -2.33. The molecule has 0 aromatic heterocycles. The van der Waals surface area contributed by atoms with Gasteiger partial charge in [0.15, 0.2) is 21.4 Å². The second-order valence-corrected chi connectivity index (χ2v) is 9.28. The summed E-state index contributed by atoms with van der Waals surface area (Å²) < 4.78 is 48.0. The highest BCUT2D eigenvalue weighted by atomic mass is 32.2. The van der Waals surface area contributed by atoms with Crippen molar-refractivity contribution >= 4 is 21.4 Å². The third-order valence-electron chi connectivity index (χ3n) is 4.85. The van der Waals surface area contributed by atoms with E-state index in [-0.39, 0.29) is 42.9 Å². The van der Waals surface area contributed by atoms with Crippen molar-refractivity contribution in [2.75, 3.05) is 50.2 Å². The zero-order valence-corrected chi connectivity index (χ0v) is 17.5. The number of halogens is 1. The zero-order valence-electron chi connectivity index (χ0n) is 16.7. The summed E-state index contributed by atoms with van der Waals surface area (Å²) in [7, 11) is -1.55. The average molecular weight is 437 g/mol. The van der Waals surface area contributed by atoms with Crippen LogP contribution >= 0.6 is 0 Å². The number of anilines is 1. The monoisotopic (exact) mass is 436 g/mol. The number of benzene rings is 2. The van der Waals surface area contributed by atoms with Crippen molar-refractivity contribution in [1.29, 1.82) is 0 Å². The number of hydrogen-bond donors (Lipinski definition) is 1. The second kappa shape index (κ2) is 10.0. The summed E-state index contributed by atoms with van der Waals surface area (Å²) in [6.45, 7) is 1.07. The molecule has 1 aliphatic rings. The number of sulfone groups is 1. The van der Waals surface area contributed by atoms with Gasteiger partial charge in [-0.25, -0.2) is 12.8 Å². The van der Waals surface area contributed by atoms with Gasteiger partial charge in [0.25, 0.3) is 0 Å². The van der Waals surface area contributed by atoms with Crippen molar-refractivity contribution in [3.8, 4) is 5.75 Å². The quantitative estimate of drug-likeness (QED) is 0.639. The standard InChI is InChI=1S/C21H25FN2O5S/c1-28-11-12-29-19-8-7-17(15-18(19)22)23-21(25)20(16-5-3-2-4-6-16)24-9-13-30(26,27)14-10-24/h2-8,15,20H,9-14H2,1H3,(H,23,25). The fraction of sp³-hybridized carbons (Fsp3) is 0.381. The number of methoxy groups -OCH3 is 1. The Labute approximate surface area is 175 Å². The number of amides is 1. The number of nitrogens with one attached hydrogen (secondary N) is 1. The first kappa shape index (κ1) is 22.2. The van der Waals surface area contributed by atoms with Gasteiger partial charge in [-0.3, -0.25) is 9.69 Å². The first-order chi connectivity index (χ1) is 14.4. The van der Waals surface area contributed by atoms with Crippen LogP contribution in [0, 0.1) is 5.82 Å². The summed E-state index contributed by atoms with van der Waals surface area (Å²) in [5.41, 5.74) is 1.04. The van der Waals surface area contributed by atoms with Crippen molar-refractivity contribution in [2.24, 2.45) is 0 Å². The third kappa shape index (κ3) is 5.78. The molecular weight excluding hydrogens is 411 g/mol. The first-order valence-electron chi connectivity index (χ1n) is 9.61. The topological polar surface area (TPSA) is 84.9 Å². The van der Waals surface area contributed by atoms with E-state index in [1.54, 1.807) is 6.07 Å². The zero-order chi connectivity index (χ0) is 21.6. The lowest BCUT2D eigenvalue weighted by atomic mass is 10.0. The Balaban J connectivity index is 1.76. The van der Waals surface area contributed by atoms with E-state index < -0.39 is 21.7 Å². The van der Waals surface area contributed by atoms with Gasteiger partial charge in [-0.15, -0.1) is 0 Å². The smallest absolute Gasteiger partial charge is 0.246 e. The van der Waals surface area contributed by atoms with E-state index in [1.165, 1.54) is 19.2 Å². The van der Waals surface area contributed by atoms with Gasteiger partial charge in [0.05, 0.1) is 18.1 Å². The van der Waals surface area contributed by atoms with Crippen molar-refractivity contribution in [1.82, 2.24) is 4.90 Å². The molecule has 0 saturated carbocycles. The van der Waals surface area contributed by atoms with Crippen LogP contribution in [0.4, 0.5) is 10.1 Å². The van der Waals surface area contributed by atoms with E-state index in [9.17, 15) is 17.6 Å². The fourth-order valence-corrected chi connectivity index (χ4v) is 4.52. The lowest BCUT2D eigenvalue weighted by Crippen LogP contribution is -2.46. The molecule has 1 amide bonds. The summed E-state index contributed by atoms with van der Waals surface area (Å²) in [4.78, 5) is 14.9. The maximum atomic E-state index is 14.3. The molecule has 1 saturated heterocycles. The molecule has 9 heteroatoms. The number of nitrogens with zero attached hydrogens (tertiary/aromatic N) is 1. The lowest BCUT2D eigenvalue weighted by molar-refractivity contribution is -0.121. The molecule has 1 N–H and O–H groups in total. The molecule has 2 aromatic carbocycles. The highest BCUT2D eigenvalue weighted by molar-refractivity contribution is 7.91. The van der Waals surface area contributed by atoms with Crippen LogP contribution in [-0.2, 0) is 19.4 Å². The normalized spacial score (nSPS) is 17.3. The molecule has 1 atom stereocenters. The van der Waals surface area contributed by atoms with Crippen LogP contribution in [-0.4, -0.2) is 64.1 Å². The van der Waals surface area contributed by atoms with E-state index >= 15 is 0 Å². The highest BCUT2D eigenvalue weighted by Crippen LogP contribution is 2.26. The largest absolute Gasteiger partial charge is 0.488 e. The van der Waals surface area contributed by atoms with Crippen LogP contribution in [0.15, 0.2) is 48.5 Å².